The Morgan fingerprint density at radius 3 is 2.65 bits per heavy atom. The number of benzene rings is 1. The van der Waals surface area contributed by atoms with Crippen molar-refractivity contribution in [3.05, 3.63) is 45.4 Å². The van der Waals surface area contributed by atoms with E-state index in [-0.39, 0.29) is 11.3 Å². The first kappa shape index (κ1) is 18.9. The van der Waals surface area contributed by atoms with E-state index in [9.17, 15) is 10.4 Å². The Balaban J connectivity index is 1.78. The van der Waals surface area contributed by atoms with E-state index >= 15 is 0 Å². The molecule has 0 bridgehead atoms. The largest absolute Gasteiger partial charge is 0.509 e. The quantitative estimate of drug-likeness (QED) is 0.542. The topological polar surface area (TPSA) is 60.1 Å². The zero-order chi connectivity index (χ0) is 18.5. The summed E-state index contributed by atoms with van der Waals surface area (Å²) in [5, 5.41) is 23.2. The molecule has 0 saturated heterocycles. The summed E-state index contributed by atoms with van der Waals surface area (Å²) in [6, 6.07) is 10.0. The van der Waals surface area contributed by atoms with Crippen molar-refractivity contribution in [2.75, 3.05) is 13.6 Å². The number of thiazole rings is 1. The maximum atomic E-state index is 10.5. The molecular formula is C20H22ClN3OS. The van der Waals surface area contributed by atoms with Crippen LogP contribution in [0.4, 0.5) is 0 Å². The summed E-state index contributed by atoms with van der Waals surface area (Å²) in [6.45, 7) is 0.378. The zero-order valence-electron chi connectivity index (χ0n) is 14.8. The third kappa shape index (κ3) is 4.45. The third-order valence-electron chi connectivity index (χ3n) is 4.86. The average molecular weight is 388 g/mol. The van der Waals surface area contributed by atoms with Gasteiger partial charge in [-0.05, 0) is 32.0 Å². The van der Waals surface area contributed by atoms with E-state index in [1.165, 1.54) is 30.6 Å². The number of nitrogens with zero attached hydrogens (tertiary/aromatic N) is 3. The van der Waals surface area contributed by atoms with Gasteiger partial charge in [0.05, 0.1) is 12.2 Å². The second-order valence-electron chi connectivity index (χ2n) is 6.69. The first-order chi connectivity index (χ1) is 12.6. The molecule has 6 heteroatoms. The van der Waals surface area contributed by atoms with Gasteiger partial charge in [0.2, 0.25) is 0 Å². The van der Waals surface area contributed by atoms with Crippen LogP contribution in [0.5, 0.6) is 0 Å². The number of aliphatic hydroxyl groups is 1. The van der Waals surface area contributed by atoms with Crippen LogP contribution in [0.2, 0.25) is 5.02 Å². The van der Waals surface area contributed by atoms with E-state index < -0.39 is 0 Å². The summed E-state index contributed by atoms with van der Waals surface area (Å²) in [4.78, 5) is 6.69. The van der Waals surface area contributed by atoms with Gasteiger partial charge in [0, 0.05) is 22.0 Å². The fourth-order valence-electron chi connectivity index (χ4n) is 3.34. The minimum Gasteiger partial charge on any atom is -0.509 e. The summed E-state index contributed by atoms with van der Waals surface area (Å²) < 4.78 is 0. The summed E-state index contributed by atoms with van der Waals surface area (Å²) in [5.41, 5.74) is 1.98. The van der Waals surface area contributed by atoms with Crippen molar-refractivity contribution >= 4 is 28.5 Å². The standard InChI is InChI=1S/C20H22ClN3OS/c1-24(16-5-3-2-4-6-16)12-19(25)17(11-22)20-23-18(13-26-20)14-7-9-15(21)10-8-14/h7-10,13,16,25H,2-6,12H2,1H3/b19-17-. The number of rotatable bonds is 5. The minimum absolute atomic E-state index is 0.0950. The van der Waals surface area contributed by atoms with Crippen LogP contribution in [0, 0.1) is 11.3 Å². The highest BCUT2D eigenvalue weighted by Gasteiger charge is 2.21. The molecule has 0 amide bonds. The molecule has 3 rings (SSSR count). The Kier molecular flexibility index (Phi) is 6.31. The molecule has 0 spiro atoms. The highest BCUT2D eigenvalue weighted by atomic mass is 35.5. The van der Waals surface area contributed by atoms with Crippen molar-refractivity contribution < 1.29 is 5.11 Å². The van der Waals surface area contributed by atoms with E-state index in [1.807, 2.05) is 36.7 Å². The van der Waals surface area contributed by atoms with Gasteiger partial charge in [-0.2, -0.15) is 5.26 Å². The molecule has 0 unspecified atom stereocenters. The second-order valence-corrected chi connectivity index (χ2v) is 7.98. The normalized spacial score (nSPS) is 16.4. The maximum absolute atomic E-state index is 10.5. The molecule has 1 aliphatic carbocycles. The number of halogens is 1. The Hall–Kier alpha value is -1.87. The molecular weight excluding hydrogens is 366 g/mol. The number of likely N-dealkylation sites (N-methyl/N-ethyl adjacent to an activating group) is 1. The molecule has 1 aromatic heterocycles. The summed E-state index contributed by atoms with van der Waals surface area (Å²) >= 11 is 7.29. The molecule has 1 aromatic carbocycles. The van der Waals surface area contributed by atoms with Crippen LogP contribution >= 0.6 is 22.9 Å². The molecule has 0 atom stereocenters. The fourth-order valence-corrected chi connectivity index (χ4v) is 4.31. The number of aromatic nitrogens is 1. The number of nitriles is 1. The molecule has 0 radical (unpaired) electrons. The third-order valence-corrected chi connectivity index (χ3v) is 5.97. The number of hydrogen-bond donors (Lipinski definition) is 1. The minimum atomic E-state index is 0.0950. The van der Waals surface area contributed by atoms with Crippen molar-refractivity contribution in [3.8, 4) is 17.3 Å². The molecule has 1 N–H and O–H groups in total. The molecule has 136 valence electrons. The summed E-state index contributed by atoms with van der Waals surface area (Å²) in [7, 11) is 2.02. The van der Waals surface area contributed by atoms with Gasteiger partial charge in [0.15, 0.2) is 0 Å². The van der Waals surface area contributed by atoms with Gasteiger partial charge in [0.1, 0.15) is 22.4 Å². The lowest BCUT2D eigenvalue weighted by Gasteiger charge is -2.30. The first-order valence-electron chi connectivity index (χ1n) is 8.82. The molecule has 0 aliphatic heterocycles. The van der Waals surface area contributed by atoms with Crippen LogP contribution in [0.3, 0.4) is 0 Å². The van der Waals surface area contributed by atoms with Crippen molar-refractivity contribution in [1.82, 2.24) is 9.88 Å². The van der Waals surface area contributed by atoms with Crippen molar-refractivity contribution in [3.63, 3.8) is 0 Å². The predicted octanol–water partition coefficient (Wildman–Crippen LogP) is 5.52. The monoisotopic (exact) mass is 387 g/mol. The van der Waals surface area contributed by atoms with Crippen LogP contribution in [0.25, 0.3) is 16.8 Å². The number of allylic oxidation sites excluding steroid dienone is 1. The van der Waals surface area contributed by atoms with Crippen molar-refractivity contribution in [2.24, 2.45) is 0 Å². The van der Waals surface area contributed by atoms with E-state index in [0.29, 0.717) is 22.6 Å². The maximum Gasteiger partial charge on any atom is 0.138 e. The van der Waals surface area contributed by atoms with Gasteiger partial charge in [-0.15, -0.1) is 11.3 Å². The average Bonchev–Trinajstić information content (AvgIpc) is 3.13. The smallest absolute Gasteiger partial charge is 0.138 e. The highest BCUT2D eigenvalue weighted by Crippen LogP contribution is 2.29. The Morgan fingerprint density at radius 1 is 1.31 bits per heavy atom. The van der Waals surface area contributed by atoms with Crippen molar-refractivity contribution in [1.29, 1.82) is 5.26 Å². The van der Waals surface area contributed by atoms with E-state index in [4.69, 9.17) is 11.6 Å². The summed E-state index contributed by atoms with van der Waals surface area (Å²) in [6.07, 6.45) is 6.08. The molecule has 4 nitrogen and oxygen atoms in total. The predicted molar refractivity (Wildman–Crippen MR) is 107 cm³/mol. The van der Waals surface area contributed by atoms with Crippen LogP contribution in [-0.4, -0.2) is 34.6 Å². The first-order valence-corrected chi connectivity index (χ1v) is 10.1. The van der Waals surface area contributed by atoms with E-state index in [0.717, 1.165) is 24.1 Å². The fraction of sp³-hybridized carbons (Fsp3) is 0.400. The van der Waals surface area contributed by atoms with E-state index in [2.05, 4.69) is 16.0 Å². The van der Waals surface area contributed by atoms with Crippen LogP contribution in [0.1, 0.15) is 37.1 Å². The van der Waals surface area contributed by atoms with Gasteiger partial charge in [0.25, 0.3) is 0 Å². The van der Waals surface area contributed by atoms with Gasteiger partial charge in [-0.3, -0.25) is 4.90 Å². The van der Waals surface area contributed by atoms with Gasteiger partial charge in [-0.25, -0.2) is 4.98 Å². The Morgan fingerprint density at radius 2 is 2.00 bits per heavy atom. The molecule has 1 heterocycles. The van der Waals surface area contributed by atoms with Gasteiger partial charge < -0.3 is 5.11 Å². The lowest BCUT2D eigenvalue weighted by atomic mass is 9.94. The van der Waals surface area contributed by atoms with Gasteiger partial charge in [-0.1, -0.05) is 43.0 Å². The van der Waals surface area contributed by atoms with Crippen LogP contribution < -0.4 is 0 Å². The summed E-state index contributed by atoms with van der Waals surface area (Å²) in [5.74, 6) is 0.0950. The number of aliphatic hydroxyl groups excluding tert-OH is 1. The van der Waals surface area contributed by atoms with E-state index in [1.54, 1.807) is 0 Å². The van der Waals surface area contributed by atoms with Crippen molar-refractivity contribution in [2.45, 2.75) is 38.1 Å². The zero-order valence-corrected chi connectivity index (χ0v) is 16.4. The molecule has 2 aromatic rings. The molecule has 26 heavy (non-hydrogen) atoms. The second kappa shape index (κ2) is 8.68. The van der Waals surface area contributed by atoms with Gasteiger partial charge >= 0.3 is 0 Å². The molecule has 1 fully saturated rings. The Bertz CT molecular complexity index is 816. The van der Waals surface area contributed by atoms with Crippen LogP contribution in [0.15, 0.2) is 35.4 Å². The molecule has 1 saturated carbocycles. The highest BCUT2D eigenvalue weighted by molar-refractivity contribution is 7.11. The Labute approximate surface area is 163 Å². The van der Waals surface area contributed by atoms with Crippen LogP contribution in [-0.2, 0) is 0 Å². The SMILES string of the molecule is CN(C/C(O)=C(\C#N)c1nc(-c2ccc(Cl)cc2)cs1)C1CCCCC1. The molecule has 1 aliphatic rings. The number of hydrogen-bond acceptors (Lipinski definition) is 5. The lowest BCUT2D eigenvalue weighted by Crippen LogP contribution is -2.35. The lowest BCUT2D eigenvalue weighted by molar-refractivity contribution is 0.184.